The van der Waals surface area contributed by atoms with E-state index in [1.165, 1.54) is 0 Å². The highest BCUT2D eigenvalue weighted by Crippen LogP contribution is 2.29. The van der Waals surface area contributed by atoms with E-state index < -0.39 is 37.5 Å². The summed E-state index contributed by atoms with van der Waals surface area (Å²) in [6, 6.07) is 6.99. The van der Waals surface area contributed by atoms with E-state index in [0.717, 1.165) is 36.4 Å². The van der Waals surface area contributed by atoms with Gasteiger partial charge in [0.2, 0.25) is 0 Å². The number of nitro groups is 1. The normalized spacial score (nSPS) is 11.8. The molecule has 0 aliphatic rings. The van der Waals surface area contributed by atoms with Crippen molar-refractivity contribution in [3.8, 4) is 0 Å². The minimum atomic E-state index is -4.61. The minimum Gasteiger partial charge on any atom is -0.273 e. The van der Waals surface area contributed by atoms with Crippen LogP contribution in [0.25, 0.3) is 0 Å². The first-order valence-electron chi connectivity index (χ1n) is 6.74. The molecule has 2 rings (SSSR count). The number of nitro benzene ring substituents is 1. The van der Waals surface area contributed by atoms with Crippen LogP contribution in [0.5, 0.6) is 0 Å². The number of rotatable bonds is 5. The Morgan fingerprint density at radius 1 is 1.00 bits per heavy atom. The van der Waals surface area contributed by atoms with Crippen LogP contribution in [0.2, 0.25) is 0 Å². The smallest absolute Gasteiger partial charge is 0.273 e. The molecule has 0 radical (unpaired) electrons. The summed E-state index contributed by atoms with van der Waals surface area (Å²) in [5, 5.41) is 10.5. The molecule has 8 nitrogen and oxygen atoms in total. The van der Waals surface area contributed by atoms with Crippen LogP contribution in [-0.2, 0) is 16.2 Å². The minimum absolute atomic E-state index is 0.0641. The Bertz CT molecular complexity index is 926. The number of hydrogen-bond acceptors (Lipinski definition) is 5. The van der Waals surface area contributed by atoms with Gasteiger partial charge in [0.1, 0.15) is 0 Å². The van der Waals surface area contributed by atoms with Crippen molar-refractivity contribution < 1.29 is 31.3 Å². The van der Waals surface area contributed by atoms with E-state index in [-0.39, 0.29) is 11.3 Å². The summed E-state index contributed by atoms with van der Waals surface area (Å²) in [5.74, 6) is -0.907. The average molecular weight is 389 g/mol. The van der Waals surface area contributed by atoms with Gasteiger partial charge in [0.25, 0.3) is 21.6 Å². The molecule has 2 N–H and O–H groups in total. The maximum Gasteiger partial charge on any atom is 0.416 e. The summed E-state index contributed by atoms with van der Waals surface area (Å²) in [7, 11) is -4.30. The van der Waals surface area contributed by atoms with Crippen LogP contribution in [0.3, 0.4) is 0 Å². The van der Waals surface area contributed by atoms with Crippen LogP contribution in [0, 0.1) is 10.1 Å². The Morgan fingerprint density at radius 2 is 1.54 bits per heavy atom. The van der Waals surface area contributed by atoms with Crippen molar-refractivity contribution in [2.75, 3.05) is 0 Å². The fourth-order valence-electron chi connectivity index (χ4n) is 1.80. The van der Waals surface area contributed by atoms with Gasteiger partial charge >= 0.3 is 6.18 Å². The lowest BCUT2D eigenvalue weighted by Gasteiger charge is -2.10. The number of sulfonamides is 1. The van der Waals surface area contributed by atoms with Crippen molar-refractivity contribution in [1.29, 1.82) is 0 Å². The summed E-state index contributed by atoms with van der Waals surface area (Å²) < 4.78 is 61.4. The van der Waals surface area contributed by atoms with Gasteiger partial charge in [0.05, 0.1) is 15.4 Å². The Hall–Kier alpha value is -2.99. The molecule has 0 aliphatic carbocycles. The third-order valence-electron chi connectivity index (χ3n) is 3.13. The Morgan fingerprint density at radius 3 is 2.00 bits per heavy atom. The number of halogens is 3. The lowest BCUT2D eigenvalue weighted by molar-refractivity contribution is -0.384. The van der Waals surface area contributed by atoms with Gasteiger partial charge in [0, 0.05) is 17.7 Å². The van der Waals surface area contributed by atoms with Crippen molar-refractivity contribution >= 4 is 21.6 Å². The summed E-state index contributed by atoms with van der Waals surface area (Å²) in [6.45, 7) is 0. The molecule has 0 bridgehead atoms. The molecule has 0 saturated heterocycles. The highest BCUT2D eigenvalue weighted by molar-refractivity contribution is 7.89. The number of carbonyl (C=O) groups is 1. The van der Waals surface area contributed by atoms with Gasteiger partial charge in [-0.05, 0) is 36.4 Å². The molecular formula is C14H10F3N3O5S. The molecule has 0 unspecified atom stereocenters. The fraction of sp³-hybridized carbons (Fsp3) is 0.0714. The number of benzene rings is 2. The lowest BCUT2D eigenvalue weighted by Crippen LogP contribution is -2.41. The van der Waals surface area contributed by atoms with E-state index in [1.807, 2.05) is 5.43 Å². The summed E-state index contributed by atoms with van der Waals surface area (Å²) in [6.07, 6.45) is -4.61. The highest BCUT2D eigenvalue weighted by atomic mass is 32.2. The molecule has 0 saturated carbocycles. The number of alkyl halides is 3. The quantitative estimate of drug-likeness (QED) is 0.601. The number of amides is 1. The first-order valence-corrected chi connectivity index (χ1v) is 8.23. The van der Waals surface area contributed by atoms with E-state index in [9.17, 15) is 36.5 Å². The predicted octanol–water partition coefficient (Wildman–Crippen LogP) is 2.24. The molecule has 2 aromatic carbocycles. The maximum atomic E-state index is 12.5. The predicted molar refractivity (Wildman–Crippen MR) is 82.3 cm³/mol. The molecular weight excluding hydrogens is 379 g/mol. The molecule has 0 fully saturated rings. The second-order valence-corrected chi connectivity index (χ2v) is 6.57. The van der Waals surface area contributed by atoms with Gasteiger partial charge in [-0.25, -0.2) is 8.42 Å². The van der Waals surface area contributed by atoms with Crippen LogP contribution in [0.4, 0.5) is 18.9 Å². The number of hydrogen-bond donors (Lipinski definition) is 2. The summed E-state index contributed by atoms with van der Waals surface area (Å²) in [4.78, 5) is 22.9. The van der Waals surface area contributed by atoms with Crippen molar-refractivity contribution in [3.05, 3.63) is 69.8 Å². The Balaban J connectivity index is 2.07. The topological polar surface area (TPSA) is 118 Å². The van der Waals surface area contributed by atoms with Gasteiger partial charge in [-0.2, -0.15) is 13.2 Å². The first kappa shape index (κ1) is 19.3. The van der Waals surface area contributed by atoms with Crippen molar-refractivity contribution in [3.63, 3.8) is 0 Å². The highest BCUT2D eigenvalue weighted by Gasteiger charge is 2.30. The zero-order valence-electron chi connectivity index (χ0n) is 12.6. The lowest BCUT2D eigenvalue weighted by atomic mass is 10.2. The zero-order valence-corrected chi connectivity index (χ0v) is 13.5. The first-order chi connectivity index (χ1) is 12.0. The Labute approximate surface area is 144 Å². The standard InChI is InChI=1S/C14H10F3N3O5S/c15-14(16,17)10-3-7-12(8-4-10)26(24,25)19-18-13(21)9-1-5-11(6-2-9)20(22)23/h1-8,19H,(H,18,21). The van der Waals surface area contributed by atoms with Crippen LogP contribution < -0.4 is 10.3 Å². The largest absolute Gasteiger partial charge is 0.416 e. The van der Waals surface area contributed by atoms with Gasteiger partial charge in [0.15, 0.2) is 0 Å². The molecule has 0 aliphatic heterocycles. The van der Waals surface area contributed by atoms with E-state index in [0.29, 0.717) is 12.1 Å². The third-order valence-corrected chi connectivity index (χ3v) is 4.39. The number of hydrazine groups is 1. The number of nitrogens with one attached hydrogen (secondary N) is 2. The van der Waals surface area contributed by atoms with Gasteiger partial charge < -0.3 is 0 Å². The van der Waals surface area contributed by atoms with E-state index >= 15 is 0 Å². The molecule has 26 heavy (non-hydrogen) atoms. The number of non-ortho nitro benzene ring substituents is 1. The molecule has 2 aromatic rings. The number of nitrogens with zero attached hydrogens (tertiary/aromatic N) is 1. The van der Waals surface area contributed by atoms with Crippen LogP contribution in [-0.4, -0.2) is 19.2 Å². The zero-order chi connectivity index (χ0) is 19.5. The van der Waals surface area contributed by atoms with Gasteiger partial charge in [-0.3, -0.25) is 20.3 Å². The SMILES string of the molecule is O=C(NNS(=O)(=O)c1ccc(C(F)(F)F)cc1)c1ccc([N+](=O)[O-])cc1. The van der Waals surface area contributed by atoms with Crippen molar-refractivity contribution in [2.45, 2.75) is 11.1 Å². The van der Waals surface area contributed by atoms with Gasteiger partial charge in [-0.15, -0.1) is 4.83 Å². The molecule has 0 heterocycles. The second-order valence-electron chi connectivity index (χ2n) is 4.89. The van der Waals surface area contributed by atoms with Crippen molar-refractivity contribution in [1.82, 2.24) is 10.3 Å². The molecule has 0 spiro atoms. The maximum absolute atomic E-state index is 12.5. The van der Waals surface area contributed by atoms with E-state index in [1.54, 1.807) is 4.83 Å². The molecule has 0 atom stereocenters. The molecule has 138 valence electrons. The average Bonchev–Trinajstić information content (AvgIpc) is 2.59. The molecule has 0 aromatic heterocycles. The summed E-state index contributed by atoms with van der Waals surface area (Å²) in [5.41, 5.74) is 0.519. The van der Waals surface area contributed by atoms with Crippen LogP contribution >= 0.6 is 0 Å². The van der Waals surface area contributed by atoms with Crippen LogP contribution in [0.15, 0.2) is 53.4 Å². The van der Waals surface area contributed by atoms with E-state index in [2.05, 4.69) is 0 Å². The molecule has 1 amide bonds. The Kier molecular flexibility index (Phi) is 5.28. The second kappa shape index (κ2) is 7.09. The van der Waals surface area contributed by atoms with Crippen molar-refractivity contribution in [2.24, 2.45) is 0 Å². The van der Waals surface area contributed by atoms with Crippen LogP contribution in [0.1, 0.15) is 15.9 Å². The number of carbonyl (C=O) groups excluding carboxylic acids is 1. The summed E-state index contributed by atoms with van der Waals surface area (Å²) >= 11 is 0. The van der Waals surface area contributed by atoms with Gasteiger partial charge in [-0.1, -0.05) is 0 Å². The monoisotopic (exact) mass is 389 g/mol. The fourth-order valence-corrected chi connectivity index (χ4v) is 2.64. The molecule has 12 heteroatoms. The third kappa shape index (κ3) is 4.55. The van der Waals surface area contributed by atoms with E-state index in [4.69, 9.17) is 0 Å².